The highest BCUT2D eigenvalue weighted by atomic mass is 16.1. The van der Waals surface area contributed by atoms with Crippen LogP contribution in [0.3, 0.4) is 0 Å². The lowest BCUT2D eigenvalue weighted by molar-refractivity contribution is 0.102. The van der Waals surface area contributed by atoms with Crippen LogP contribution in [0, 0.1) is 13.8 Å². The molecule has 0 unspecified atom stereocenters. The second-order valence-electron chi connectivity index (χ2n) is 7.51. The number of carbonyl (C=O) groups is 2. The second-order valence-corrected chi connectivity index (χ2v) is 7.51. The molecule has 29 heavy (non-hydrogen) atoms. The standard InChI is InChI=1S/C25H24N2O2/c1-16-5-3-7-22(17(16)2)25(29)27-21-11-8-18(9-12-21)24(28)20-10-13-23-19(15-20)6-4-14-26-23/h3,5,7-13,15,26H,4,6,14H2,1-2H3,(H,27,29). The predicted molar refractivity (Wildman–Crippen MR) is 117 cm³/mol. The number of carbonyl (C=O) groups excluding carboxylic acids is 2. The molecule has 3 aromatic rings. The molecule has 0 aliphatic carbocycles. The van der Waals surface area contributed by atoms with Gasteiger partial charge in [0.1, 0.15) is 0 Å². The summed E-state index contributed by atoms with van der Waals surface area (Å²) >= 11 is 0. The van der Waals surface area contributed by atoms with Crippen molar-refractivity contribution >= 4 is 23.1 Å². The molecule has 0 atom stereocenters. The van der Waals surface area contributed by atoms with Crippen LogP contribution in [0.25, 0.3) is 0 Å². The average molecular weight is 384 g/mol. The van der Waals surface area contributed by atoms with Gasteiger partial charge in [-0.05, 0) is 91.9 Å². The summed E-state index contributed by atoms with van der Waals surface area (Å²) in [5, 5.41) is 6.28. The van der Waals surface area contributed by atoms with Crippen molar-refractivity contribution in [3.8, 4) is 0 Å². The fraction of sp³-hybridized carbons (Fsp3) is 0.200. The molecule has 0 fully saturated rings. The van der Waals surface area contributed by atoms with E-state index in [9.17, 15) is 9.59 Å². The zero-order valence-electron chi connectivity index (χ0n) is 16.7. The van der Waals surface area contributed by atoms with Gasteiger partial charge in [-0.25, -0.2) is 0 Å². The van der Waals surface area contributed by atoms with Crippen molar-refractivity contribution in [3.63, 3.8) is 0 Å². The van der Waals surface area contributed by atoms with Crippen molar-refractivity contribution in [2.24, 2.45) is 0 Å². The Kier molecular flexibility index (Phi) is 5.17. The molecule has 1 aliphatic rings. The van der Waals surface area contributed by atoms with Gasteiger partial charge >= 0.3 is 0 Å². The van der Waals surface area contributed by atoms with Gasteiger partial charge in [0, 0.05) is 34.6 Å². The van der Waals surface area contributed by atoms with E-state index in [1.54, 1.807) is 24.3 Å². The smallest absolute Gasteiger partial charge is 0.255 e. The largest absolute Gasteiger partial charge is 0.385 e. The molecule has 146 valence electrons. The lowest BCUT2D eigenvalue weighted by Crippen LogP contribution is -2.14. The van der Waals surface area contributed by atoms with Crippen molar-refractivity contribution < 1.29 is 9.59 Å². The lowest BCUT2D eigenvalue weighted by Gasteiger charge is -2.18. The molecule has 0 spiro atoms. The summed E-state index contributed by atoms with van der Waals surface area (Å²) in [5.74, 6) is -0.154. The van der Waals surface area contributed by atoms with E-state index < -0.39 is 0 Å². The van der Waals surface area contributed by atoms with Crippen molar-refractivity contribution in [3.05, 3.63) is 94.0 Å². The molecule has 2 N–H and O–H groups in total. The van der Waals surface area contributed by atoms with E-state index in [1.807, 2.05) is 50.2 Å². The Morgan fingerprint density at radius 2 is 1.69 bits per heavy atom. The van der Waals surface area contributed by atoms with Gasteiger partial charge in [0.2, 0.25) is 0 Å². The third-order valence-electron chi connectivity index (χ3n) is 5.56. The van der Waals surface area contributed by atoms with Crippen molar-refractivity contribution in [2.75, 3.05) is 17.2 Å². The van der Waals surface area contributed by atoms with Crippen LogP contribution in [0.5, 0.6) is 0 Å². The van der Waals surface area contributed by atoms with Crippen LogP contribution in [0.1, 0.15) is 49.4 Å². The average Bonchev–Trinajstić information content (AvgIpc) is 2.75. The number of nitrogens with one attached hydrogen (secondary N) is 2. The Morgan fingerprint density at radius 1 is 0.931 bits per heavy atom. The van der Waals surface area contributed by atoms with E-state index in [0.29, 0.717) is 22.4 Å². The third-order valence-corrected chi connectivity index (χ3v) is 5.56. The number of aryl methyl sites for hydroxylation is 2. The number of hydrogen-bond acceptors (Lipinski definition) is 3. The first-order chi connectivity index (χ1) is 14.0. The minimum atomic E-state index is -0.146. The summed E-state index contributed by atoms with van der Waals surface area (Å²) in [6.07, 6.45) is 2.08. The van der Waals surface area contributed by atoms with Crippen molar-refractivity contribution in [1.29, 1.82) is 0 Å². The van der Waals surface area contributed by atoms with Crippen LogP contribution in [0.15, 0.2) is 60.7 Å². The number of hydrogen-bond donors (Lipinski definition) is 2. The molecule has 0 aromatic heterocycles. The van der Waals surface area contributed by atoms with E-state index >= 15 is 0 Å². The van der Waals surface area contributed by atoms with Gasteiger partial charge in [-0.3, -0.25) is 9.59 Å². The van der Waals surface area contributed by atoms with Crippen LogP contribution >= 0.6 is 0 Å². The fourth-order valence-electron chi connectivity index (χ4n) is 3.68. The normalized spacial score (nSPS) is 12.6. The Balaban J connectivity index is 1.49. The van der Waals surface area contributed by atoms with Gasteiger partial charge in [0.25, 0.3) is 5.91 Å². The van der Waals surface area contributed by atoms with Gasteiger partial charge in [-0.15, -0.1) is 0 Å². The topological polar surface area (TPSA) is 58.2 Å². The lowest BCUT2D eigenvalue weighted by atomic mass is 9.96. The van der Waals surface area contributed by atoms with Crippen LogP contribution in [0.2, 0.25) is 0 Å². The maximum Gasteiger partial charge on any atom is 0.255 e. The van der Waals surface area contributed by atoms with E-state index in [4.69, 9.17) is 0 Å². The monoisotopic (exact) mass is 384 g/mol. The zero-order chi connectivity index (χ0) is 20.4. The molecule has 0 bridgehead atoms. The molecule has 1 amide bonds. The van der Waals surface area contributed by atoms with E-state index in [-0.39, 0.29) is 11.7 Å². The highest BCUT2D eigenvalue weighted by Gasteiger charge is 2.15. The number of anilines is 2. The Hall–Kier alpha value is -3.40. The summed E-state index contributed by atoms with van der Waals surface area (Å²) < 4.78 is 0. The van der Waals surface area contributed by atoms with Crippen LogP contribution < -0.4 is 10.6 Å². The first kappa shape index (κ1) is 18.9. The molecule has 0 saturated heterocycles. The first-order valence-electron chi connectivity index (χ1n) is 9.92. The molecule has 4 rings (SSSR count). The van der Waals surface area contributed by atoms with Gasteiger partial charge in [0.05, 0.1) is 0 Å². The van der Waals surface area contributed by atoms with Gasteiger partial charge < -0.3 is 10.6 Å². The minimum absolute atomic E-state index is 0.00854. The number of amides is 1. The van der Waals surface area contributed by atoms with Gasteiger partial charge in [-0.2, -0.15) is 0 Å². The van der Waals surface area contributed by atoms with Gasteiger partial charge in [-0.1, -0.05) is 12.1 Å². The maximum absolute atomic E-state index is 12.9. The highest BCUT2D eigenvalue weighted by molar-refractivity contribution is 6.10. The molecule has 4 heteroatoms. The predicted octanol–water partition coefficient (Wildman–Crippen LogP) is 5.14. The molecule has 0 saturated carbocycles. The summed E-state index contributed by atoms with van der Waals surface area (Å²) in [4.78, 5) is 25.4. The number of benzene rings is 3. The first-order valence-corrected chi connectivity index (χ1v) is 9.92. The minimum Gasteiger partial charge on any atom is -0.385 e. The molecular formula is C25H24N2O2. The van der Waals surface area contributed by atoms with Crippen molar-refractivity contribution in [1.82, 2.24) is 0 Å². The van der Waals surface area contributed by atoms with E-state index in [0.717, 1.165) is 36.2 Å². The molecule has 4 nitrogen and oxygen atoms in total. The van der Waals surface area contributed by atoms with Crippen LogP contribution in [-0.2, 0) is 6.42 Å². The third kappa shape index (κ3) is 3.92. The SMILES string of the molecule is Cc1cccc(C(=O)Nc2ccc(C(=O)c3ccc4c(c3)CCCN4)cc2)c1C. The molecule has 1 aliphatic heterocycles. The quantitative estimate of drug-likeness (QED) is 0.612. The second kappa shape index (κ2) is 7.92. The fourth-order valence-corrected chi connectivity index (χ4v) is 3.68. The van der Waals surface area contributed by atoms with Gasteiger partial charge in [0.15, 0.2) is 5.78 Å². The molecule has 3 aromatic carbocycles. The molecular weight excluding hydrogens is 360 g/mol. The number of rotatable bonds is 4. The zero-order valence-corrected chi connectivity index (χ0v) is 16.7. The van der Waals surface area contributed by atoms with Crippen molar-refractivity contribution in [2.45, 2.75) is 26.7 Å². The molecule has 1 heterocycles. The van der Waals surface area contributed by atoms with E-state index in [1.165, 1.54) is 5.56 Å². The molecule has 0 radical (unpaired) electrons. The Morgan fingerprint density at radius 3 is 2.48 bits per heavy atom. The van der Waals surface area contributed by atoms with Crippen LogP contribution in [0.4, 0.5) is 11.4 Å². The maximum atomic E-state index is 12.9. The number of ketones is 1. The van der Waals surface area contributed by atoms with E-state index in [2.05, 4.69) is 10.6 Å². The summed E-state index contributed by atoms with van der Waals surface area (Å²) in [5.41, 5.74) is 7.00. The van der Waals surface area contributed by atoms with Crippen LogP contribution in [-0.4, -0.2) is 18.2 Å². The Bertz CT molecular complexity index is 1080. The Labute approximate surface area is 171 Å². The number of fused-ring (bicyclic) bond motifs is 1. The summed E-state index contributed by atoms with van der Waals surface area (Å²) in [7, 11) is 0. The highest BCUT2D eigenvalue weighted by Crippen LogP contribution is 2.24. The summed E-state index contributed by atoms with van der Waals surface area (Å²) in [6.45, 7) is 4.92. The summed E-state index contributed by atoms with van der Waals surface area (Å²) in [6, 6.07) is 18.6.